The zero-order chi connectivity index (χ0) is 33.0. The van der Waals surface area contributed by atoms with E-state index in [0.29, 0.717) is 17.5 Å². The normalized spacial score (nSPS) is 11.6. The first-order valence-corrected chi connectivity index (χ1v) is 16.6. The maximum Gasteiger partial charge on any atom is 0.164 e. The largest absolute Gasteiger partial charge is 0.456 e. The summed E-state index contributed by atoms with van der Waals surface area (Å²) in [6.07, 6.45) is 0. The first kappa shape index (κ1) is 28.2. The monoisotopic (exact) mass is 641 g/mol. The van der Waals surface area contributed by atoms with Crippen LogP contribution >= 0.6 is 0 Å². The Morgan fingerprint density at radius 1 is 0.300 bits per heavy atom. The SMILES string of the molecule is c1ccc(-c2cccc(-c3nc(-c4cccc(-c5cccc6c5oc5ccccc56)c4)nc(-c4ccc5oc6ccccc6c5c4)n3)c2)cc1. The zero-order valence-electron chi connectivity index (χ0n) is 26.7. The molecule has 10 aromatic rings. The van der Waals surface area contributed by atoms with Crippen LogP contribution in [0.5, 0.6) is 0 Å². The van der Waals surface area contributed by atoms with E-state index < -0.39 is 0 Å². The molecule has 3 aromatic heterocycles. The van der Waals surface area contributed by atoms with Crippen molar-refractivity contribution in [3.63, 3.8) is 0 Å². The van der Waals surface area contributed by atoms with Crippen LogP contribution in [0.1, 0.15) is 0 Å². The highest BCUT2D eigenvalue weighted by molar-refractivity contribution is 6.09. The molecule has 0 aliphatic carbocycles. The van der Waals surface area contributed by atoms with Gasteiger partial charge in [-0.3, -0.25) is 0 Å². The molecule has 0 aliphatic heterocycles. The second-order valence-corrected chi connectivity index (χ2v) is 12.4. The van der Waals surface area contributed by atoms with E-state index in [2.05, 4.69) is 109 Å². The van der Waals surface area contributed by atoms with E-state index >= 15 is 0 Å². The van der Waals surface area contributed by atoms with Crippen molar-refractivity contribution in [1.82, 2.24) is 15.0 Å². The second kappa shape index (κ2) is 11.4. The van der Waals surface area contributed by atoms with Crippen LogP contribution in [0.2, 0.25) is 0 Å². The molecule has 3 heterocycles. The number of nitrogens with zero attached hydrogens (tertiary/aromatic N) is 3. The molecule has 234 valence electrons. The van der Waals surface area contributed by atoms with Crippen molar-refractivity contribution in [3.8, 4) is 56.4 Å². The maximum atomic E-state index is 6.40. The van der Waals surface area contributed by atoms with Gasteiger partial charge in [-0.05, 0) is 59.2 Å². The highest BCUT2D eigenvalue weighted by atomic mass is 16.3. The molecule has 0 atom stereocenters. The number of rotatable bonds is 5. The zero-order valence-corrected chi connectivity index (χ0v) is 26.7. The topological polar surface area (TPSA) is 65.0 Å². The van der Waals surface area contributed by atoms with Crippen LogP contribution in [0.15, 0.2) is 173 Å². The summed E-state index contributed by atoms with van der Waals surface area (Å²) in [5.41, 5.74) is 10.4. The first-order valence-electron chi connectivity index (χ1n) is 16.6. The molecular weight excluding hydrogens is 615 g/mol. The molecule has 0 amide bonds. The fourth-order valence-electron chi connectivity index (χ4n) is 6.90. The summed E-state index contributed by atoms with van der Waals surface area (Å²) >= 11 is 0. The van der Waals surface area contributed by atoms with Gasteiger partial charge in [0.1, 0.15) is 22.3 Å². The molecule has 0 unspecified atom stereocenters. The Bertz CT molecular complexity index is 2890. The quantitative estimate of drug-likeness (QED) is 0.187. The lowest BCUT2D eigenvalue weighted by atomic mass is 10.00. The Labute approximate surface area is 287 Å². The van der Waals surface area contributed by atoms with Crippen molar-refractivity contribution in [2.24, 2.45) is 0 Å². The average Bonchev–Trinajstić information content (AvgIpc) is 3.76. The van der Waals surface area contributed by atoms with Crippen LogP contribution in [0.3, 0.4) is 0 Å². The third-order valence-corrected chi connectivity index (χ3v) is 9.33. The molecule has 5 heteroatoms. The fourth-order valence-corrected chi connectivity index (χ4v) is 6.90. The van der Waals surface area contributed by atoms with Gasteiger partial charge in [-0.25, -0.2) is 15.0 Å². The predicted octanol–water partition coefficient (Wildman–Crippen LogP) is 12.0. The fraction of sp³-hybridized carbons (Fsp3) is 0. The molecule has 0 N–H and O–H groups in total. The summed E-state index contributed by atoms with van der Waals surface area (Å²) < 4.78 is 12.5. The molecule has 0 aliphatic rings. The molecule has 7 aromatic carbocycles. The number of furan rings is 2. The minimum atomic E-state index is 0.589. The van der Waals surface area contributed by atoms with Gasteiger partial charge >= 0.3 is 0 Å². The van der Waals surface area contributed by atoms with Crippen LogP contribution in [0.4, 0.5) is 0 Å². The third-order valence-electron chi connectivity index (χ3n) is 9.33. The lowest BCUT2D eigenvalue weighted by molar-refractivity contribution is 0.669. The van der Waals surface area contributed by atoms with Gasteiger partial charge in [-0.2, -0.15) is 0 Å². The lowest BCUT2D eigenvalue weighted by Gasteiger charge is -2.11. The van der Waals surface area contributed by atoms with Crippen molar-refractivity contribution in [1.29, 1.82) is 0 Å². The van der Waals surface area contributed by atoms with Crippen LogP contribution in [-0.4, -0.2) is 15.0 Å². The summed E-state index contributed by atoms with van der Waals surface area (Å²) in [7, 11) is 0. The van der Waals surface area contributed by atoms with Crippen molar-refractivity contribution in [3.05, 3.63) is 164 Å². The molecular formula is C45H27N3O2. The standard InChI is InChI=1S/C45H27N3O2/c1-2-11-28(12-3-1)29-13-8-15-31(25-29)43-46-44(48-45(47-43)33-23-24-41-38(27-33)36-18-5-6-21-39(36)49-41)32-16-9-14-30(26-32)34-19-10-20-37-35-17-4-7-22-40(35)50-42(34)37/h1-27H. The van der Waals surface area contributed by atoms with E-state index in [9.17, 15) is 0 Å². The molecule has 10 rings (SSSR count). The predicted molar refractivity (Wildman–Crippen MR) is 202 cm³/mol. The number of benzene rings is 7. The van der Waals surface area contributed by atoms with Gasteiger partial charge in [0.25, 0.3) is 0 Å². The Hall–Kier alpha value is -6.85. The van der Waals surface area contributed by atoms with E-state index in [1.807, 2.05) is 54.6 Å². The number of hydrogen-bond acceptors (Lipinski definition) is 5. The van der Waals surface area contributed by atoms with Gasteiger partial charge in [0.2, 0.25) is 0 Å². The van der Waals surface area contributed by atoms with Crippen LogP contribution in [0.25, 0.3) is 100 Å². The summed E-state index contributed by atoms with van der Waals surface area (Å²) in [6.45, 7) is 0. The summed E-state index contributed by atoms with van der Waals surface area (Å²) in [4.78, 5) is 15.3. The molecule has 0 radical (unpaired) electrons. The molecule has 0 spiro atoms. The molecule has 0 saturated carbocycles. The van der Waals surface area contributed by atoms with Crippen LogP contribution in [-0.2, 0) is 0 Å². The first-order chi connectivity index (χ1) is 24.7. The smallest absolute Gasteiger partial charge is 0.164 e. The van der Waals surface area contributed by atoms with Gasteiger partial charge in [-0.1, -0.05) is 121 Å². The average molecular weight is 642 g/mol. The highest BCUT2D eigenvalue weighted by Crippen LogP contribution is 2.38. The Morgan fingerprint density at radius 2 is 0.800 bits per heavy atom. The molecule has 0 fully saturated rings. The van der Waals surface area contributed by atoms with Gasteiger partial charge < -0.3 is 8.83 Å². The third kappa shape index (κ3) is 4.75. The highest BCUT2D eigenvalue weighted by Gasteiger charge is 2.17. The Kier molecular flexibility index (Phi) is 6.42. The Balaban J connectivity index is 1.15. The number of hydrogen-bond donors (Lipinski definition) is 0. The van der Waals surface area contributed by atoms with Gasteiger partial charge in [-0.15, -0.1) is 0 Å². The van der Waals surface area contributed by atoms with E-state index in [4.69, 9.17) is 23.8 Å². The second-order valence-electron chi connectivity index (χ2n) is 12.4. The number of aromatic nitrogens is 3. The van der Waals surface area contributed by atoms with E-state index in [0.717, 1.165) is 82.8 Å². The maximum absolute atomic E-state index is 6.40. The van der Waals surface area contributed by atoms with Crippen molar-refractivity contribution >= 4 is 43.9 Å². The van der Waals surface area contributed by atoms with Gasteiger partial charge in [0.05, 0.1) is 0 Å². The summed E-state index contributed by atoms with van der Waals surface area (Å²) in [6, 6.07) is 55.8. The minimum absolute atomic E-state index is 0.589. The van der Waals surface area contributed by atoms with E-state index in [1.54, 1.807) is 0 Å². The van der Waals surface area contributed by atoms with Crippen molar-refractivity contribution in [2.75, 3.05) is 0 Å². The molecule has 50 heavy (non-hydrogen) atoms. The minimum Gasteiger partial charge on any atom is -0.456 e. The van der Waals surface area contributed by atoms with Crippen molar-refractivity contribution < 1.29 is 8.83 Å². The van der Waals surface area contributed by atoms with Gasteiger partial charge in [0, 0.05) is 43.8 Å². The lowest BCUT2D eigenvalue weighted by Crippen LogP contribution is -2.00. The van der Waals surface area contributed by atoms with Gasteiger partial charge in [0.15, 0.2) is 17.5 Å². The number of para-hydroxylation sites is 3. The molecule has 5 nitrogen and oxygen atoms in total. The van der Waals surface area contributed by atoms with Crippen molar-refractivity contribution in [2.45, 2.75) is 0 Å². The van der Waals surface area contributed by atoms with Crippen LogP contribution in [0, 0.1) is 0 Å². The molecule has 0 saturated heterocycles. The van der Waals surface area contributed by atoms with Crippen LogP contribution < -0.4 is 0 Å². The number of fused-ring (bicyclic) bond motifs is 6. The molecule has 0 bridgehead atoms. The van der Waals surface area contributed by atoms with E-state index in [1.165, 1.54) is 0 Å². The summed E-state index contributed by atoms with van der Waals surface area (Å²) in [5, 5.41) is 4.27. The van der Waals surface area contributed by atoms with E-state index in [-0.39, 0.29) is 0 Å². The Morgan fingerprint density at radius 3 is 1.54 bits per heavy atom. The summed E-state index contributed by atoms with van der Waals surface area (Å²) in [5.74, 6) is 1.78.